The van der Waals surface area contributed by atoms with E-state index in [0.717, 1.165) is 6.54 Å². The summed E-state index contributed by atoms with van der Waals surface area (Å²) >= 11 is 0. The minimum atomic E-state index is 0.328. The lowest BCUT2D eigenvalue weighted by Gasteiger charge is -2.45. The molecule has 1 saturated heterocycles. The Morgan fingerprint density at radius 3 is 2.52 bits per heavy atom. The van der Waals surface area contributed by atoms with Crippen molar-refractivity contribution in [2.45, 2.75) is 63.5 Å². The Kier molecular flexibility index (Phi) is 4.65. The van der Waals surface area contributed by atoms with Gasteiger partial charge in [-0.1, -0.05) is 19.8 Å². The van der Waals surface area contributed by atoms with E-state index < -0.39 is 0 Å². The third-order valence-corrected chi connectivity index (χ3v) is 5.40. The highest BCUT2D eigenvalue weighted by Crippen LogP contribution is 2.45. The standard InChI is InChI=1S/C17H30N4/c1-3-10-18-16(15-13-19-20(2)14-15)17(8-4-5-9-17)21-11-6-7-12-21/h13-14,16,18H,3-12H2,1-2H3. The Balaban J connectivity index is 1.91. The Morgan fingerprint density at radius 2 is 1.95 bits per heavy atom. The van der Waals surface area contributed by atoms with Crippen molar-refractivity contribution in [3.8, 4) is 0 Å². The van der Waals surface area contributed by atoms with Crippen molar-refractivity contribution < 1.29 is 0 Å². The number of rotatable bonds is 6. The van der Waals surface area contributed by atoms with Crippen LogP contribution in [0.2, 0.25) is 0 Å². The molecular formula is C17H30N4. The van der Waals surface area contributed by atoms with Gasteiger partial charge in [0.2, 0.25) is 0 Å². The van der Waals surface area contributed by atoms with Crippen LogP contribution in [0, 0.1) is 0 Å². The van der Waals surface area contributed by atoms with Crippen LogP contribution in [0.1, 0.15) is 63.5 Å². The smallest absolute Gasteiger partial charge is 0.0538 e. The Bertz CT molecular complexity index is 441. The highest BCUT2D eigenvalue weighted by molar-refractivity contribution is 5.20. The second-order valence-electron chi connectivity index (χ2n) is 6.84. The van der Waals surface area contributed by atoms with E-state index in [9.17, 15) is 0 Å². The zero-order valence-electron chi connectivity index (χ0n) is 13.6. The number of hydrogen-bond donors (Lipinski definition) is 1. The maximum atomic E-state index is 4.43. The van der Waals surface area contributed by atoms with Gasteiger partial charge in [-0.15, -0.1) is 0 Å². The molecule has 0 aromatic carbocycles. The lowest BCUT2D eigenvalue weighted by molar-refractivity contribution is 0.0763. The predicted octanol–water partition coefficient (Wildman–Crippen LogP) is 2.87. The van der Waals surface area contributed by atoms with E-state index in [0.29, 0.717) is 11.6 Å². The monoisotopic (exact) mass is 290 g/mol. The summed E-state index contributed by atoms with van der Waals surface area (Å²) in [6, 6.07) is 0.437. The molecule has 0 spiro atoms. The number of nitrogens with zero attached hydrogens (tertiary/aromatic N) is 3. The van der Waals surface area contributed by atoms with Gasteiger partial charge in [-0.3, -0.25) is 9.58 Å². The molecule has 3 rings (SSSR count). The van der Waals surface area contributed by atoms with Gasteiger partial charge in [-0.25, -0.2) is 0 Å². The van der Waals surface area contributed by atoms with Crippen molar-refractivity contribution in [2.75, 3.05) is 19.6 Å². The molecule has 0 amide bonds. The summed E-state index contributed by atoms with van der Waals surface area (Å²) in [5.74, 6) is 0. The molecule has 118 valence electrons. The van der Waals surface area contributed by atoms with Crippen LogP contribution in [-0.4, -0.2) is 39.9 Å². The van der Waals surface area contributed by atoms with Gasteiger partial charge in [0, 0.05) is 24.3 Å². The molecule has 1 unspecified atom stereocenters. The van der Waals surface area contributed by atoms with Crippen LogP contribution in [0.15, 0.2) is 12.4 Å². The third-order valence-electron chi connectivity index (χ3n) is 5.40. The van der Waals surface area contributed by atoms with Gasteiger partial charge >= 0.3 is 0 Å². The first-order valence-electron chi connectivity index (χ1n) is 8.73. The molecular weight excluding hydrogens is 260 g/mol. The van der Waals surface area contributed by atoms with Crippen molar-refractivity contribution in [1.82, 2.24) is 20.0 Å². The summed E-state index contributed by atoms with van der Waals surface area (Å²) in [5.41, 5.74) is 1.70. The topological polar surface area (TPSA) is 33.1 Å². The van der Waals surface area contributed by atoms with Crippen molar-refractivity contribution in [1.29, 1.82) is 0 Å². The maximum absolute atomic E-state index is 4.43. The summed E-state index contributed by atoms with van der Waals surface area (Å²) < 4.78 is 1.95. The average Bonchev–Trinajstić information content (AvgIpc) is 3.20. The molecule has 1 atom stereocenters. The van der Waals surface area contributed by atoms with E-state index in [1.165, 1.54) is 63.6 Å². The van der Waals surface area contributed by atoms with Gasteiger partial charge in [-0.05, 0) is 51.7 Å². The molecule has 1 aliphatic carbocycles. The summed E-state index contributed by atoms with van der Waals surface area (Å²) in [7, 11) is 2.03. The zero-order chi connectivity index (χ0) is 14.7. The van der Waals surface area contributed by atoms with Crippen LogP contribution in [0.3, 0.4) is 0 Å². The second kappa shape index (κ2) is 6.49. The summed E-state index contributed by atoms with van der Waals surface area (Å²) in [4.78, 5) is 2.79. The van der Waals surface area contributed by atoms with Crippen molar-refractivity contribution in [2.24, 2.45) is 7.05 Å². The molecule has 2 heterocycles. The van der Waals surface area contributed by atoms with E-state index in [1.54, 1.807) is 0 Å². The lowest BCUT2D eigenvalue weighted by Crippen LogP contribution is -2.54. The molecule has 4 nitrogen and oxygen atoms in total. The van der Waals surface area contributed by atoms with Gasteiger partial charge in [0.25, 0.3) is 0 Å². The van der Waals surface area contributed by atoms with Gasteiger partial charge < -0.3 is 5.32 Å². The molecule has 4 heteroatoms. The molecule has 0 bridgehead atoms. The first-order chi connectivity index (χ1) is 10.3. The van der Waals surface area contributed by atoms with E-state index in [-0.39, 0.29) is 0 Å². The first-order valence-corrected chi connectivity index (χ1v) is 8.73. The first kappa shape index (κ1) is 15.0. The normalized spacial score (nSPS) is 23.7. The molecule has 1 N–H and O–H groups in total. The van der Waals surface area contributed by atoms with E-state index >= 15 is 0 Å². The predicted molar refractivity (Wildman–Crippen MR) is 86.2 cm³/mol. The summed E-state index contributed by atoms with van der Waals surface area (Å²) in [6.45, 7) is 5.91. The average molecular weight is 290 g/mol. The van der Waals surface area contributed by atoms with Gasteiger partial charge in [0.15, 0.2) is 0 Å². The second-order valence-corrected chi connectivity index (χ2v) is 6.84. The van der Waals surface area contributed by atoms with E-state index in [2.05, 4.69) is 34.6 Å². The molecule has 0 radical (unpaired) electrons. The summed E-state index contributed by atoms with van der Waals surface area (Å²) in [5, 5.41) is 8.30. The largest absolute Gasteiger partial charge is 0.308 e. The van der Waals surface area contributed by atoms with Crippen LogP contribution in [0.5, 0.6) is 0 Å². The van der Waals surface area contributed by atoms with Gasteiger partial charge in [0.05, 0.1) is 12.2 Å². The number of nitrogens with one attached hydrogen (secondary N) is 1. The van der Waals surface area contributed by atoms with Crippen LogP contribution in [-0.2, 0) is 7.05 Å². The molecule has 1 aromatic rings. The minimum absolute atomic E-state index is 0.328. The Hall–Kier alpha value is -0.870. The highest BCUT2D eigenvalue weighted by atomic mass is 15.3. The van der Waals surface area contributed by atoms with E-state index in [1.807, 2.05) is 11.7 Å². The number of likely N-dealkylation sites (tertiary alicyclic amines) is 1. The lowest BCUT2D eigenvalue weighted by atomic mass is 9.83. The Morgan fingerprint density at radius 1 is 1.24 bits per heavy atom. The van der Waals surface area contributed by atoms with Crippen LogP contribution in [0.25, 0.3) is 0 Å². The highest BCUT2D eigenvalue weighted by Gasteiger charge is 2.47. The van der Waals surface area contributed by atoms with Gasteiger partial charge in [0.1, 0.15) is 0 Å². The molecule has 1 aromatic heterocycles. The van der Waals surface area contributed by atoms with Crippen LogP contribution < -0.4 is 5.32 Å². The van der Waals surface area contributed by atoms with Crippen molar-refractivity contribution >= 4 is 0 Å². The van der Waals surface area contributed by atoms with Crippen LogP contribution >= 0.6 is 0 Å². The molecule has 1 aliphatic heterocycles. The minimum Gasteiger partial charge on any atom is -0.308 e. The van der Waals surface area contributed by atoms with Crippen molar-refractivity contribution in [3.05, 3.63) is 18.0 Å². The molecule has 21 heavy (non-hydrogen) atoms. The SMILES string of the molecule is CCCNC(c1cnn(C)c1)C1(N2CCCC2)CCCC1. The molecule has 2 fully saturated rings. The zero-order valence-corrected chi connectivity index (χ0v) is 13.6. The number of aromatic nitrogens is 2. The van der Waals surface area contributed by atoms with Crippen molar-refractivity contribution in [3.63, 3.8) is 0 Å². The van der Waals surface area contributed by atoms with E-state index in [4.69, 9.17) is 0 Å². The quantitative estimate of drug-likeness (QED) is 0.874. The summed E-state index contributed by atoms with van der Waals surface area (Å²) in [6.07, 6.45) is 13.6. The Labute approximate surface area is 128 Å². The fourth-order valence-electron chi connectivity index (χ4n) is 4.43. The number of hydrogen-bond acceptors (Lipinski definition) is 3. The number of aryl methyl sites for hydroxylation is 1. The maximum Gasteiger partial charge on any atom is 0.0538 e. The fraction of sp³-hybridized carbons (Fsp3) is 0.824. The van der Waals surface area contributed by atoms with Gasteiger partial charge in [-0.2, -0.15) is 5.10 Å². The molecule has 2 aliphatic rings. The van der Waals surface area contributed by atoms with Crippen LogP contribution in [0.4, 0.5) is 0 Å². The fourth-order valence-corrected chi connectivity index (χ4v) is 4.43. The third kappa shape index (κ3) is 2.88. The molecule has 1 saturated carbocycles.